The minimum absolute atomic E-state index is 0.468. The first-order chi connectivity index (χ1) is 5.95. The van der Waals surface area contributed by atoms with E-state index in [-0.39, 0.29) is 0 Å². The van der Waals surface area contributed by atoms with E-state index in [9.17, 15) is 4.39 Å². The van der Waals surface area contributed by atoms with Crippen molar-refractivity contribution in [2.75, 3.05) is 0 Å². The van der Waals surface area contributed by atoms with Gasteiger partial charge >= 0.3 is 0 Å². The highest BCUT2D eigenvalue weighted by molar-refractivity contribution is 5.33. The predicted octanol–water partition coefficient (Wildman–Crippen LogP) is 2.66. The maximum Gasteiger partial charge on any atom is 0.130 e. The molecule has 0 saturated carbocycles. The maximum atomic E-state index is 13.5. The highest BCUT2D eigenvalue weighted by Gasteiger charge is 2.18. The average Bonchev–Trinajstić information content (AvgIpc) is 2.03. The molecule has 0 aromatic heterocycles. The van der Waals surface area contributed by atoms with Crippen molar-refractivity contribution in [1.82, 2.24) is 0 Å². The summed E-state index contributed by atoms with van der Waals surface area (Å²) in [6, 6.07) is 5.57. The van der Waals surface area contributed by atoms with Crippen LogP contribution >= 0.6 is 0 Å². The first kappa shape index (κ1) is 10.2. The molecule has 0 aliphatic carbocycles. The van der Waals surface area contributed by atoms with Gasteiger partial charge in [0.15, 0.2) is 0 Å². The summed E-state index contributed by atoms with van der Waals surface area (Å²) in [6.45, 7) is 5.56. The molecule has 0 heterocycles. The molecule has 1 nitrogen and oxygen atoms in total. The fourth-order valence-electron chi connectivity index (χ4n) is 1.26. The van der Waals surface area contributed by atoms with Gasteiger partial charge < -0.3 is 5.73 Å². The molecular weight excluding hydrogens is 165 g/mol. The topological polar surface area (TPSA) is 26.0 Å². The van der Waals surface area contributed by atoms with E-state index >= 15 is 0 Å². The molecule has 0 fully saturated rings. The highest BCUT2D eigenvalue weighted by atomic mass is 19.1. The highest BCUT2D eigenvalue weighted by Crippen LogP contribution is 2.26. The van der Waals surface area contributed by atoms with Gasteiger partial charge in [0.2, 0.25) is 0 Å². The minimum atomic E-state index is -1.28. The van der Waals surface area contributed by atoms with Crippen LogP contribution in [0, 0.1) is 6.92 Å². The molecule has 0 unspecified atom stereocenters. The zero-order valence-corrected chi connectivity index (χ0v) is 8.39. The third kappa shape index (κ3) is 2.28. The van der Waals surface area contributed by atoms with Crippen LogP contribution in [0.5, 0.6) is 0 Å². The van der Waals surface area contributed by atoms with Gasteiger partial charge in [0.25, 0.3) is 0 Å². The minimum Gasteiger partial charge on any atom is -0.326 e. The number of halogens is 1. The van der Waals surface area contributed by atoms with Crippen LogP contribution in [0.2, 0.25) is 0 Å². The third-order valence-corrected chi connectivity index (χ3v) is 2.26. The van der Waals surface area contributed by atoms with Gasteiger partial charge in [-0.1, -0.05) is 18.2 Å². The van der Waals surface area contributed by atoms with Gasteiger partial charge in [-0.3, -0.25) is 0 Å². The molecule has 2 N–H and O–H groups in total. The van der Waals surface area contributed by atoms with E-state index in [4.69, 9.17) is 5.73 Å². The van der Waals surface area contributed by atoms with Crippen LogP contribution in [-0.4, -0.2) is 0 Å². The van der Waals surface area contributed by atoms with E-state index in [2.05, 4.69) is 0 Å². The molecule has 0 aliphatic rings. The van der Waals surface area contributed by atoms with E-state index < -0.39 is 5.67 Å². The van der Waals surface area contributed by atoms with Gasteiger partial charge in [0.1, 0.15) is 5.67 Å². The third-order valence-electron chi connectivity index (χ3n) is 2.26. The fourth-order valence-corrected chi connectivity index (χ4v) is 1.26. The molecule has 1 aromatic carbocycles. The Balaban J connectivity index is 3.14. The number of hydrogen-bond acceptors (Lipinski definition) is 1. The molecule has 13 heavy (non-hydrogen) atoms. The number of alkyl halides is 1. The smallest absolute Gasteiger partial charge is 0.130 e. The van der Waals surface area contributed by atoms with Crippen molar-refractivity contribution in [2.24, 2.45) is 5.73 Å². The van der Waals surface area contributed by atoms with E-state index in [1.165, 1.54) is 0 Å². The van der Waals surface area contributed by atoms with Crippen molar-refractivity contribution in [3.05, 3.63) is 34.9 Å². The molecule has 2 heteroatoms. The molecule has 0 radical (unpaired) electrons. The SMILES string of the molecule is Cc1ccc(C(C)(C)F)cc1CN. The Morgan fingerprint density at radius 3 is 2.46 bits per heavy atom. The molecule has 0 bridgehead atoms. The second kappa shape index (κ2) is 3.46. The van der Waals surface area contributed by atoms with Crippen molar-refractivity contribution in [1.29, 1.82) is 0 Å². The van der Waals surface area contributed by atoms with Crippen molar-refractivity contribution < 1.29 is 4.39 Å². The summed E-state index contributed by atoms with van der Waals surface area (Å²) in [5, 5.41) is 0. The number of hydrogen-bond donors (Lipinski definition) is 1. The van der Waals surface area contributed by atoms with Gasteiger partial charge in [-0.15, -0.1) is 0 Å². The largest absolute Gasteiger partial charge is 0.326 e. The Morgan fingerprint density at radius 1 is 1.38 bits per heavy atom. The molecule has 0 saturated heterocycles. The Morgan fingerprint density at radius 2 is 2.00 bits per heavy atom. The van der Waals surface area contributed by atoms with Crippen molar-refractivity contribution in [3.63, 3.8) is 0 Å². The lowest BCUT2D eigenvalue weighted by atomic mass is 9.96. The van der Waals surface area contributed by atoms with E-state index in [0.29, 0.717) is 12.1 Å². The van der Waals surface area contributed by atoms with Crippen LogP contribution in [0.15, 0.2) is 18.2 Å². The lowest BCUT2D eigenvalue weighted by Gasteiger charge is -2.16. The monoisotopic (exact) mass is 181 g/mol. The van der Waals surface area contributed by atoms with Gasteiger partial charge in [0.05, 0.1) is 0 Å². The summed E-state index contributed by atoms with van der Waals surface area (Å²) in [5.41, 5.74) is 7.09. The summed E-state index contributed by atoms with van der Waals surface area (Å²) in [4.78, 5) is 0. The summed E-state index contributed by atoms with van der Waals surface area (Å²) in [7, 11) is 0. The van der Waals surface area contributed by atoms with Crippen molar-refractivity contribution in [3.8, 4) is 0 Å². The first-order valence-electron chi connectivity index (χ1n) is 4.44. The van der Waals surface area contributed by atoms with Crippen LogP contribution in [0.4, 0.5) is 4.39 Å². The molecule has 1 rings (SSSR count). The Bertz CT molecular complexity index is 299. The fraction of sp³-hybridized carbons (Fsp3) is 0.455. The number of rotatable bonds is 2. The quantitative estimate of drug-likeness (QED) is 0.745. The molecule has 0 aliphatic heterocycles. The second-order valence-corrected chi connectivity index (χ2v) is 3.82. The number of aryl methyl sites for hydroxylation is 1. The molecule has 0 amide bonds. The predicted molar refractivity (Wildman–Crippen MR) is 53.2 cm³/mol. The maximum absolute atomic E-state index is 13.5. The molecule has 1 aromatic rings. The van der Waals surface area contributed by atoms with E-state index in [0.717, 1.165) is 11.1 Å². The Hall–Kier alpha value is -0.890. The zero-order chi connectivity index (χ0) is 10.1. The number of nitrogens with two attached hydrogens (primary N) is 1. The van der Waals surface area contributed by atoms with Crippen molar-refractivity contribution in [2.45, 2.75) is 33.0 Å². The van der Waals surface area contributed by atoms with Crippen LogP contribution in [0.25, 0.3) is 0 Å². The normalized spacial score (nSPS) is 11.8. The van der Waals surface area contributed by atoms with Gasteiger partial charge in [-0.2, -0.15) is 0 Å². The molecular formula is C11H16FN. The van der Waals surface area contributed by atoms with Gasteiger partial charge in [-0.05, 0) is 37.5 Å². The lowest BCUT2D eigenvalue weighted by Crippen LogP contribution is -2.10. The van der Waals surface area contributed by atoms with Crippen molar-refractivity contribution >= 4 is 0 Å². The van der Waals surface area contributed by atoms with E-state index in [1.54, 1.807) is 13.8 Å². The van der Waals surface area contributed by atoms with Crippen LogP contribution in [0.3, 0.4) is 0 Å². The second-order valence-electron chi connectivity index (χ2n) is 3.82. The molecule has 0 atom stereocenters. The lowest BCUT2D eigenvalue weighted by molar-refractivity contribution is 0.221. The average molecular weight is 181 g/mol. The molecule has 72 valence electrons. The molecule has 0 spiro atoms. The summed E-state index contributed by atoms with van der Waals surface area (Å²) in [6.07, 6.45) is 0. The summed E-state index contributed by atoms with van der Waals surface area (Å²) < 4.78 is 13.5. The summed E-state index contributed by atoms with van der Waals surface area (Å²) >= 11 is 0. The van der Waals surface area contributed by atoms with Gasteiger partial charge in [0, 0.05) is 6.54 Å². The Kier molecular flexibility index (Phi) is 2.71. The Labute approximate surface area is 78.8 Å². The van der Waals surface area contributed by atoms with Crippen LogP contribution < -0.4 is 5.73 Å². The van der Waals surface area contributed by atoms with E-state index in [1.807, 2.05) is 25.1 Å². The standard InChI is InChI=1S/C11H16FN/c1-8-4-5-10(11(2,3)12)6-9(8)7-13/h4-6H,7,13H2,1-3H3. The first-order valence-corrected chi connectivity index (χ1v) is 4.44. The zero-order valence-electron chi connectivity index (χ0n) is 8.39. The van der Waals surface area contributed by atoms with Crippen LogP contribution in [-0.2, 0) is 12.2 Å². The summed E-state index contributed by atoms with van der Waals surface area (Å²) in [5.74, 6) is 0. The number of benzene rings is 1. The van der Waals surface area contributed by atoms with Gasteiger partial charge in [-0.25, -0.2) is 4.39 Å². The van der Waals surface area contributed by atoms with Crippen LogP contribution in [0.1, 0.15) is 30.5 Å².